The minimum absolute atomic E-state index is 0.341. The van der Waals surface area contributed by atoms with E-state index in [4.69, 9.17) is 10.3 Å². The summed E-state index contributed by atoms with van der Waals surface area (Å²) in [4.78, 5) is 13.9. The van der Waals surface area contributed by atoms with Crippen LogP contribution in [0.2, 0.25) is 0 Å². The van der Waals surface area contributed by atoms with Crippen LogP contribution in [-0.2, 0) is 4.79 Å². The SMILES string of the molecule is COc1cccc(C(NCCCN=[N+]=[N-])C(=O)O)c1. The molecule has 0 spiro atoms. The van der Waals surface area contributed by atoms with E-state index >= 15 is 0 Å². The molecule has 0 saturated heterocycles. The maximum Gasteiger partial charge on any atom is 0.325 e. The Morgan fingerprint density at radius 3 is 3.05 bits per heavy atom. The Balaban J connectivity index is 2.65. The van der Waals surface area contributed by atoms with Gasteiger partial charge >= 0.3 is 5.97 Å². The summed E-state index contributed by atoms with van der Waals surface area (Å²) in [6.45, 7) is 0.793. The number of ether oxygens (including phenoxy) is 1. The number of nitrogens with zero attached hydrogens (tertiary/aromatic N) is 3. The highest BCUT2D eigenvalue weighted by Gasteiger charge is 2.19. The summed E-state index contributed by atoms with van der Waals surface area (Å²) < 4.78 is 5.07. The molecule has 0 fully saturated rings. The van der Waals surface area contributed by atoms with Crippen molar-refractivity contribution in [2.24, 2.45) is 5.11 Å². The van der Waals surface area contributed by atoms with Crippen LogP contribution in [0.3, 0.4) is 0 Å². The Morgan fingerprint density at radius 2 is 2.42 bits per heavy atom. The number of benzene rings is 1. The lowest BCUT2D eigenvalue weighted by Gasteiger charge is -2.15. The molecule has 7 heteroatoms. The molecule has 0 heterocycles. The van der Waals surface area contributed by atoms with Crippen molar-refractivity contribution in [3.63, 3.8) is 0 Å². The Hall–Kier alpha value is -2.24. The van der Waals surface area contributed by atoms with E-state index in [1.54, 1.807) is 24.3 Å². The number of nitrogens with one attached hydrogen (secondary N) is 1. The van der Waals surface area contributed by atoms with Crippen molar-refractivity contribution < 1.29 is 14.6 Å². The van der Waals surface area contributed by atoms with Gasteiger partial charge in [-0.25, -0.2) is 0 Å². The number of hydrogen-bond donors (Lipinski definition) is 2. The summed E-state index contributed by atoms with van der Waals surface area (Å²) in [7, 11) is 1.53. The van der Waals surface area contributed by atoms with Gasteiger partial charge in [0.2, 0.25) is 0 Å². The highest BCUT2D eigenvalue weighted by molar-refractivity contribution is 5.75. The number of azide groups is 1. The van der Waals surface area contributed by atoms with E-state index in [0.29, 0.717) is 30.8 Å². The number of aliphatic carboxylic acids is 1. The summed E-state index contributed by atoms with van der Waals surface area (Å²) >= 11 is 0. The van der Waals surface area contributed by atoms with Gasteiger partial charge in [-0.15, -0.1) is 0 Å². The molecule has 0 amide bonds. The van der Waals surface area contributed by atoms with Crippen molar-refractivity contribution in [3.8, 4) is 5.75 Å². The quantitative estimate of drug-likeness (QED) is 0.324. The van der Waals surface area contributed by atoms with E-state index in [1.807, 2.05) is 0 Å². The Labute approximate surface area is 110 Å². The van der Waals surface area contributed by atoms with E-state index in [9.17, 15) is 9.90 Å². The first kappa shape index (κ1) is 14.8. The van der Waals surface area contributed by atoms with E-state index < -0.39 is 12.0 Å². The first-order chi connectivity index (χ1) is 9.19. The molecule has 1 rings (SSSR count). The van der Waals surface area contributed by atoms with Crippen LogP contribution in [0.1, 0.15) is 18.0 Å². The van der Waals surface area contributed by atoms with E-state index in [1.165, 1.54) is 7.11 Å². The monoisotopic (exact) mass is 264 g/mol. The Bertz CT molecular complexity index is 472. The number of carboxylic acids is 1. The maximum atomic E-state index is 11.2. The number of carboxylic acid groups (broad SMARTS) is 1. The van der Waals surface area contributed by atoms with Crippen molar-refractivity contribution in [2.75, 3.05) is 20.2 Å². The summed E-state index contributed by atoms with van der Waals surface area (Å²) in [5, 5.41) is 15.5. The molecule has 1 unspecified atom stereocenters. The van der Waals surface area contributed by atoms with Gasteiger partial charge in [0.1, 0.15) is 11.8 Å². The Kier molecular flexibility index (Phi) is 6.21. The molecule has 102 valence electrons. The van der Waals surface area contributed by atoms with Crippen molar-refractivity contribution in [1.29, 1.82) is 0 Å². The average molecular weight is 264 g/mol. The zero-order valence-electron chi connectivity index (χ0n) is 10.6. The molecule has 0 aliphatic carbocycles. The van der Waals surface area contributed by atoms with Gasteiger partial charge in [0.05, 0.1) is 7.11 Å². The van der Waals surface area contributed by atoms with E-state index in [-0.39, 0.29) is 0 Å². The summed E-state index contributed by atoms with van der Waals surface area (Å²) in [6.07, 6.45) is 0.581. The highest BCUT2D eigenvalue weighted by atomic mass is 16.5. The smallest absolute Gasteiger partial charge is 0.325 e. The van der Waals surface area contributed by atoms with Crippen molar-refractivity contribution in [2.45, 2.75) is 12.5 Å². The van der Waals surface area contributed by atoms with Crippen molar-refractivity contribution in [1.82, 2.24) is 5.32 Å². The summed E-state index contributed by atoms with van der Waals surface area (Å²) in [5.41, 5.74) is 8.75. The molecule has 19 heavy (non-hydrogen) atoms. The number of hydrogen-bond acceptors (Lipinski definition) is 4. The minimum atomic E-state index is -0.961. The largest absolute Gasteiger partial charge is 0.497 e. The Morgan fingerprint density at radius 1 is 1.63 bits per heavy atom. The molecule has 1 aromatic carbocycles. The predicted molar refractivity (Wildman–Crippen MR) is 70.0 cm³/mol. The number of methoxy groups -OCH3 is 1. The van der Waals surface area contributed by atoms with Gasteiger partial charge in [0.15, 0.2) is 0 Å². The van der Waals surface area contributed by atoms with Gasteiger partial charge in [0.25, 0.3) is 0 Å². The number of rotatable bonds is 8. The minimum Gasteiger partial charge on any atom is -0.497 e. The predicted octanol–water partition coefficient (Wildman–Crippen LogP) is 2.11. The molecule has 2 N–H and O–H groups in total. The maximum absolute atomic E-state index is 11.2. The zero-order chi connectivity index (χ0) is 14.1. The molecular weight excluding hydrogens is 248 g/mol. The van der Waals surface area contributed by atoms with Gasteiger partial charge in [-0.2, -0.15) is 0 Å². The number of carbonyl (C=O) groups is 1. The fraction of sp³-hybridized carbons (Fsp3) is 0.417. The van der Waals surface area contributed by atoms with Crippen LogP contribution in [0.4, 0.5) is 0 Å². The molecule has 1 atom stereocenters. The molecule has 1 aromatic rings. The lowest BCUT2D eigenvalue weighted by molar-refractivity contribution is -0.139. The highest BCUT2D eigenvalue weighted by Crippen LogP contribution is 2.19. The second kappa shape index (κ2) is 7.97. The van der Waals surface area contributed by atoms with Crippen LogP contribution in [-0.4, -0.2) is 31.3 Å². The van der Waals surface area contributed by atoms with Crippen LogP contribution < -0.4 is 10.1 Å². The van der Waals surface area contributed by atoms with Crippen LogP contribution in [0.15, 0.2) is 29.4 Å². The van der Waals surface area contributed by atoms with Crippen LogP contribution >= 0.6 is 0 Å². The van der Waals surface area contributed by atoms with Crippen molar-refractivity contribution in [3.05, 3.63) is 40.3 Å². The first-order valence-corrected chi connectivity index (χ1v) is 5.80. The fourth-order valence-corrected chi connectivity index (χ4v) is 1.61. The van der Waals surface area contributed by atoms with Gasteiger partial charge in [-0.05, 0) is 36.2 Å². The second-order valence-corrected chi connectivity index (χ2v) is 3.81. The summed E-state index contributed by atoms with van der Waals surface area (Å²) in [6, 6.07) is 6.10. The molecular formula is C12H16N4O3. The van der Waals surface area contributed by atoms with Crippen LogP contribution in [0.25, 0.3) is 10.4 Å². The van der Waals surface area contributed by atoms with Gasteiger partial charge in [0, 0.05) is 11.5 Å². The molecule has 7 nitrogen and oxygen atoms in total. The first-order valence-electron chi connectivity index (χ1n) is 5.80. The summed E-state index contributed by atoms with van der Waals surface area (Å²) in [5.74, 6) is -0.350. The topological polar surface area (TPSA) is 107 Å². The third kappa shape index (κ3) is 4.87. The van der Waals surface area contributed by atoms with E-state index in [2.05, 4.69) is 15.3 Å². The second-order valence-electron chi connectivity index (χ2n) is 3.81. The van der Waals surface area contributed by atoms with Gasteiger partial charge in [-0.3, -0.25) is 4.79 Å². The lowest BCUT2D eigenvalue weighted by Crippen LogP contribution is -2.29. The zero-order valence-corrected chi connectivity index (χ0v) is 10.6. The third-order valence-electron chi connectivity index (χ3n) is 2.52. The fourth-order valence-electron chi connectivity index (χ4n) is 1.61. The molecule has 0 aromatic heterocycles. The molecule has 0 aliphatic heterocycles. The van der Waals surface area contributed by atoms with Gasteiger partial charge < -0.3 is 15.2 Å². The van der Waals surface area contributed by atoms with E-state index in [0.717, 1.165) is 0 Å². The third-order valence-corrected chi connectivity index (χ3v) is 2.52. The molecule has 0 aliphatic rings. The molecule has 0 saturated carbocycles. The average Bonchev–Trinajstić information content (AvgIpc) is 2.42. The standard InChI is InChI=1S/C12H16N4O3/c1-19-10-5-2-4-9(8-10)11(12(17)18)14-6-3-7-15-16-13/h2,4-5,8,11,14H,3,6-7H2,1H3,(H,17,18). The van der Waals surface area contributed by atoms with Crippen LogP contribution in [0.5, 0.6) is 5.75 Å². The van der Waals surface area contributed by atoms with Crippen molar-refractivity contribution >= 4 is 5.97 Å². The normalized spacial score (nSPS) is 11.4. The molecule has 0 bridgehead atoms. The molecule has 0 radical (unpaired) electrons. The van der Waals surface area contributed by atoms with Crippen LogP contribution in [0, 0.1) is 0 Å². The lowest BCUT2D eigenvalue weighted by atomic mass is 10.1. The van der Waals surface area contributed by atoms with Gasteiger partial charge in [-0.1, -0.05) is 17.2 Å².